The third-order valence-electron chi connectivity index (χ3n) is 3.90. The van der Waals surface area contributed by atoms with Gasteiger partial charge in [0.15, 0.2) is 0 Å². The number of rotatable bonds is 6. The van der Waals surface area contributed by atoms with E-state index in [9.17, 15) is 5.11 Å². The molecule has 1 aromatic rings. The minimum atomic E-state index is -0.417. The molecule has 1 N–H and O–H groups in total. The maximum atomic E-state index is 10.5. The summed E-state index contributed by atoms with van der Waals surface area (Å²) in [5.41, 5.74) is 2.48. The largest absolute Gasteiger partial charge is 0.387 e. The van der Waals surface area contributed by atoms with Gasteiger partial charge in [0.1, 0.15) is 0 Å². The van der Waals surface area contributed by atoms with Crippen molar-refractivity contribution in [2.75, 3.05) is 13.1 Å². The van der Waals surface area contributed by atoms with Crippen LogP contribution in [0.4, 0.5) is 0 Å². The maximum absolute atomic E-state index is 10.5. The molecule has 0 aliphatic heterocycles. The van der Waals surface area contributed by atoms with Crippen molar-refractivity contribution in [2.24, 2.45) is 5.92 Å². The predicted octanol–water partition coefficient (Wildman–Crippen LogP) is 4.38. The number of benzene rings is 1. The molecule has 1 rings (SSSR count). The summed E-state index contributed by atoms with van der Waals surface area (Å²) in [5, 5.41) is 10.5. The van der Waals surface area contributed by atoms with E-state index in [1.54, 1.807) is 0 Å². The number of nitrogens with zero attached hydrogens (tertiary/aromatic N) is 1. The molecule has 0 saturated heterocycles. The standard InChI is InChI=1S/C19H33NO/c1-14(2)12-20(15(3)4)13-18(21)16-8-10-17(11-9-16)19(5,6)7/h8-11,14-15,18,21H,12-13H2,1-7H3. The van der Waals surface area contributed by atoms with Crippen molar-refractivity contribution >= 4 is 0 Å². The Kier molecular flexibility index (Phi) is 6.42. The van der Waals surface area contributed by atoms with Gasteiger partial charge in [-0.2, -0.15) is 0 Å². The summed E-state index contributed by atoms with van der Waals surface area (Å²) in [6.07, 6.45) is -0.417. The average Bonchev–Trinajstić information content (AvgIpc) is 2.36. The van der Waals surface area contributed by atoms with E-state index >= 15 is 0 Å². The van der Waals surface area contributed by atoms with Crippen LogP contribution in [0.2, 0.25) is 0 Å². The van der Waals surface area contributed by atoms with Crippen molar-refractivity contribution < 1.29 is 5.11 Å². The third-order valence-corrected chi connectivity index (χ3v) is 3.90. The fraction of sp³-hybridized carbons (Fsp3) is 0.684. The molecular formula is C19H33NO. The molecule has 1 atom stereocenters. The van der Waals surface area contributed by atoms with E-state index in [1.165, 1.54) is 5.56 Å². The van der Waals surface area contributed by atoms with Gasteiger partial charge in [-0.25, -0.2) is 0 Å². The zero-order valence-corrected chi connectivity index (χ0v) is 14.9. The first-order chi connectivity index (χ1) is 9.61. The van der Waals surface area contributed by atoms with Crippen LogP contribution >= 0.6 is 0 Å². The molecule has 1 aromatic carbocycles. The molecule has 0 aromatic heterocycles. The van der Waals surface area contributed by atoms with Gasteiger partial charge in [0.25, 0.3) is 0 Å². The lowest BCUT2D eigenvalue weighted by molar-refractivity contribution is 0.0877. The first kappa shape index (κ1) is 18.2. The molecule has 0 radical (unpaired) electrons. The highest BCUT2D eigenvalue weighted by Crippen LogP contribution is 2.24. The van der Waals surface area contributed by atoms with E-state index in [-0.39, 0.29) is 5.41 Å². The van der Waals surface area contributed by atoms with Crippen LogP contribution in [-0.2, 0) is 5.41 Å². The fourth-order valence-corrected chi connectivity index (χ4v) is 2.50. The third kappa shape index (κ3) is 5.80. The summed E-state index contributed by atoms with van der Waals surface area (Å²) < 4.78 is 0. The average molecular weight is 291 g/mol. The molecule has 0 heterocycles. The van der Waals surface area contributed by atoms with E-state index in [2.05, 4.69) is 77.6 Å². The Hall–Kier alpha value is -0.860. The first-order valence-corrected chi connectivity index (χ1v) is 8.13. The zero-order chi connectivity index (χ0) is 16.2. The lowest BCUT2D eigenvalue weighted by Crippen LogP contribution is -2.37. The van der Waals surface area contributed by atoms with Crippen molar-refractivity contribution in [2.45, 2.75) is 66.0 Å². The first-order valence-electron chi connectivity index (χ1n) is 8.13. The Bertz CT molecular complexity index is 414. The highest BCUT2D eigenvalue weighted by Gasteiger charge is 2.18. The van der Waals surface area contributed by atoms with Crippen LogP contribution in [0.25, 0.3) is 0 Å². The van der Waals surface area contributed by atoms with Crippen molar-refractivity contribution in [1.82, 2.24) is 4.90 Å². The molecular weight excluding hydrogens is 258 g/mol. The van der Waals surface area contributed by atoms with Crippen LogP contribution in [0.3, 0.4) is 0 Å². The van der Waals surface area contributed by atoms with Crippen molar-refractivity contribution in [3.63, 3.8) is 0 Å². The lowest BCUT2D eigenvalue weighted by Gasteiger charge is -2.30. The summed E-state index contributed by atoms with van der Waals surface area (Å²) in [7, 11) is 0. The molecule has 1 unspecified atom stereocenters. The Morgan fingerprint density at radius 1 is 0.952 bits per heavy atom. The van der Waals surface area contributed by atoms with E-state index in [0.717, 1.165) is 12.1 Å². The van der Waals surface area contributed by atoms with Gasteiger partial charge in [-0.15, -0.1) is 0 Å². The summed E-state index contributed by atoms with van der Waals surface area (Å²) in [6.45, 7) is 17.2. The van der Waals surface area contributed by atoms with Crippen molar-refractivity contribution in [3.05, 3.63) is 35.4 Å². The van der Waals surface area contributed by atoms with Gasteiger partial charge in [0.05, 0.1) is 6.10 Å². The molecule has 2 nitrogen and oxygen atoms in total. The SMILES string of the molecule is CC(C)CN(CC(O)c1ccc(C(C)(C)C)cc1)C(C)C. The van der Waals surface area contributed by atoms with Crippen LogP contribution in [-0.4, -0.2) is 29.1 Å². The molecule has 0 spiro atoms. The summed E-state index contributed by atoms with van der Waals surface area (Å²) in [6, 6.07) is 8.87. The topological polar surface area (TPSA) is 23.5 Å². The van der Waals surface area contributed by atoms with Gasteiger partial charge in [0.2, 0.25) is 0 Å². The summed E-state index contributed by atoms with van der Waals surface area (Å²) in [4.78, 5) is 2.35. The van der Waals surface area contributed by atoms with Gasteiger partial charge >= 0.3 is 0 Å². The molecule has 21 heavy (non-hydrogen) atoms. The van der Waals surface area contributed by atoms with E-state index in [4.69, 9.17) is 0 Å². The number of aliphatic hydroxyl groups is 1. The van der Waals surface area contributed by atoms with Crippen LogP contribution in [0.5, 0.6) is 0 Å². The smallest absolute Gasteiger partial charge is 0.0917 e. The molecule has 0 fully saturated rings. The van der Waals surface area contributed by atoms with Crippen LogP contribution < -0.4 is 0 Å². The van der Waals surface area contributed by atoms with Crippen LogP contribution in [0, 0.1) is 5.92 Å². The Balaban J connectivity index is 2.76. The van der Waals surface area contributed by atoms with Gasteiger partial charge in [-0.05, 0) is 36.3 Å². The fourth-order valence-electron chi connectivity index (χ4n) is 2.50. The van der Waals surface area contributed by atoms with Crippen LogP contribution in [0.1, 0.15) is 65.7 Å². The van der Waals surface area contributed by atoms with Crippen molar-refractivity contribution in [1.29, 1.82) is 0 Å². The van der Waals surface area contributed by atoms with E-state index in [0.29, 0.717) is 18.5 Å². The molecule has 0 aliphatic carbocycles. The molecule has 120 valence electrons. The minimum absolute atomic E-state index is 0.158. The molecule has 0 amide bonds. The highest BCUT2D eigenvalue weighted by molar-refractivity contribution is 5.28. The van der Waals surface area contributed by atoms with Crippen LogP contribution in [0.15, 0.2) is 24.3 Å². The van der Waals surface area contributed by atoms with Gasteiger partial charge in [-0.1, -0.05) is 58.9 Å². The second-order valence-electron chi connectivity index (χ2n) is 7.83. The highest BCUT2D eigenvalue weighted by atomic mass is 16.3. The Labute approximate surface area is 131 Å². The summed E-state index contributed by atoms with van der Waals surface area (Å²) in [5.74, 6) is 0.614. The quantitative estimate of drug-likeness (QED) is 0.840. The monoisotopic (exact) mass is 291 g/mol. The lowest BCUT2D eigenvalue weighted by atomic mass is 9.86. The second-order valence-corrected chi connectivity index (χ2v) is 7.83. The minimum Gasteiger partial charge on any atom is -0.387 e. The van der Waals surface area contributed by atoms with Gasteiger partial charge in [-0.3, -0.25) is 4.90 Å². The molecule has 0 aliphatic rings. The second kappa shape index (κ2) is 7.42. The molecule has 0 saturated carbocycles. The number of aliphatic hydroxyl groups excluding tert-OH is 1. The number of hydrogen-bond acceptors (Lipinski definition) is 2. The Morgan fingerprint density at radius 2 is 1.48 bits per heavy atom. The maximum Gasteiger partial charge on any atom is 0.0917 e. The van der Waals surface area contributed by atoms with Gasteiger partial charge < -0.3 is 5.11 Å². The summed E-state index contributed by atoms with van der Waals surface area (Å²) >= 11 is 0. The van der Waals surface area contributed by atoms with E-state index < -0.39 is 6.10 Å². The normalized spacial score (nSPS) is 14.2. The number of hydrogen-bond donors (Lipinski definition) is 1. The molecule has 2 heteroatoms. The van der Waals surface area contributed by atoms with E-state index in [1.807, 2.05) is 0 Å². The van der Waals surface area contributed by atoms with Gasteiger partial charge in [0, 0.05) is 19.1 Å². The predicted molar refractivity (Wildman–Crippen MR) is 91.6 cm³/mol. The molecule has 0 bridgehead atoms. The van der Waals surface area contributed by atoms with Crippen molar-refractivity contribution in [3.8, 4) is 0 Å². The zero-order valence-electron chi connectivity index (χ0n) is 14.9. The Morgan fingerprint density at radius 3 is 1.86 bits per heavy atom.